The summed E-state index contributed by atoms with van der Waals surface area (Å²) in [5.74, 6) is -0.409. The lowest BCUT2D eigenvalue weighted by Gasteiger charge is -2.07. The maximum absolute atomic E-state index is 12.1. The zero-order chi connectivity index (χ0) is 18.4. The average Bonchev–Trinajstić information content (AvgIpc) is 2.60. The summed E-state index contributed by atoms with van der Waals surface area (Å²) < 4.78 is 4.90. The quantitative estimate of drug-likeness (QED) is 0.471. The summed E-state index contributed by atoms with van der Waals surface area (Å²) in [5, 5.41) is 13.5. The van der Waals surface area contributed by atoms with E-state index in [0.717, 1.165) is 5.56 Å². The second-order valence-corrected chi connectivity index (χ2v) is 5.48. The summed E-state index contributed by atoms with van der Waals surface area (Å²) >= 11 is 0. The Labute approximate surface area is 144 Å². The van der Waals surface area contributed by atoms with Crippen molar-refractivity contribution in [3.05, 3.63) is 63.7 Å². The van der Waals surface area contributed by atoms with Crippen LogP contribution in [0.3, 0.4) is 0 Å². The number of hydrogen-bond acceptors (Lipinski definition) is 5. The van der Waals surface area contributed by atoms with Gasteiger partial charge in [0.05, 0.1) is 12.0 Å². The van der Waals surface area contributed by atoms with Crippen LogP contribution in [0.5, 0.6) is 5.75 Å². The van der Waals surface area contributed by atoms with Gasteiger partial charge in [-0.25, -0.2) is 0 Å². The lowest BCUT2D eigenvalue weighted by Crippen LogP contribution is -2.13. The number of benzene rings is 2. The van der Waals surface area contributed by atoms with Crippen molar-refractivity contribution in [2.75, 3.05) is 12.4 Å². The molecule has 0 fully saturated rings. The van der Waals surface area contributed by atoms with Crippen molar-refractivity contribution in [3.8, 4) is 5.75 Å². The van der Waals surface area contributed by atoms with E-state index in [4.69, 9.17) is 4.74 Å². The molecule has 0 aromatic heterocycles. The van der Waals surface area contributed by atoms with Crippen LogP contribution in [0.15, 0.2) is 42.5 Å². The minimum Gasteiger partial charge on any atom is -0.490 e. The Kier molecular flexibility index (Phi) is 5.84. The molecule has 130 valence electrons. The second kappa shape index (κ2) is 8.05. The highest BCUT2D eigenvalue weighted by molar-refractivity contribution is 6.00. The Morgan fingerprint density at radius 3 is 2.40 bits per heavy atom. The Hall–Kier alpha value is -3.22. The number of carbonyl (C=O) groups is 2. The van der Waals surface area contributed by atoms with Gasteiger partial charge in [0.2, 0.25) is 5.91 Å². The number of anilines is 1. The molecule has 0 aliphatic rings. The van der Waals surface area contributed by atoms with Crippen LogP contribution in [0, 0.1) is 17.0 Å². The molecule has 7 heteroatoms. The van der Waals surface area contributed by atoms with E-state index in [-0.39, 0.29) is 41.7 Å². The molecule has 2 aromatic rings. The zero-order valence-corrected chi connectivity index (χ0v) is 13.9. The largest absolute Gasteiger partial charge is 0.490 e. The van der Waals surface area contributed by atoms with Gasteiger partial charge in [-0.1, -0.05) is 29.8 Å². The molecule has 7 nitrogen and oxygen atoms in total. The van der Waals surface area contributed by atoms with Crippen molar-refractivity contribution in [2.45, 2.75) is 19.8 Å². The first-order chi connectivity index (χ1) is 11.9. The molecule has 0 radical (unpaired) electrons. The molecule has 0 atom stereocenters. The fourth-order valence-electron chi connectivity index (χ4n) is 2.24. The number of ketones is 1. The number of rotatable bonds is 7. The van der Waals surface area contributed by atoms with Crippen LogP contribution < -0.4 is 10.1 Å². The SMILES string of the molecule is COc1ccc(NC(=O)CCC(=O)c2ccc(C)cc2)cc1[N+](=O)[O-]. The van der Waals surface area contributed by atoms with Gasteiger partial charge in [-0.05, 0) is 19.1 Å². The Morgan fingerprint density at radius 1 is 1.12 bits per heavy atom. The summed E-state index contributed by atoms with van der Waals surface area (Å²) in [6, 6.07) is 11.3. The molecule has 2 aromatic carbocycles. The number of ether oxygens (including phenoxy) is 1. The van der Waals surface area contributed by atoms with Crippen LogP contribution in [-0.2, 0) is 4.79 Å². The first kappa shape index (κ1) is 18.1. The molecule has 0 aliphatic carbocycles. The highest BCUT2D eigenvalue weighted by Crippen LogP contribution is 2.29. The van der Waals surface area contributed by atoms with E-state index in [0.29, 0.717) is 5.56 Å². The third-order valence-electron chi connectivity index (χ3n) is 3.61. The molecule has 0 saturated heterocycles. The van der Waals surface area contributed by atoms with Crippen LogP contribution in [0.4, 0.5) is 11.4 Å². The lowest BCUT2D eigenvalue weighted by molar-refractivity contribution is -0.385. The monoisotopic (exact) mass is 342 g/mol. The smallest absolute Gasteiger partial charge is 0.312 e. The van der Waals surface area contributed by atoms with Gasteiger partial charge >= 0.3 is 5.69 Å². The van der Waals surface area contributed by atoms with E-state index in [9.17, 15) is 19.7 Å². The van der Waals surface area contributed by atoms with E-state index in [2.05, 4.69) is 5.32 Å². The molecule has 1 amide bonds. The fraction of sp³-hybridized carbons (Fsp3) is 0.222. The zero-order valence-electron chi connectivity index (χ0n) is 13.9. The van der Waals surface area contributed by atoms with E-state index in [1.807, 2.05) is 19.1 Å². The molecule has 1 N–H and O–H groups in total. The normalized spacial score (nSPS) is 10.2. The molecule has 0 heterocycles. The van der Waals surface area contributed by atoms with Gasteiger partial charge in [-0.2, -0.15) is 0 Å². The lowest BCUT2D eigenvalue weighted by atomic mass is 10.0. The third-order valence-corrected chi connectivity index (χ3v) is 3.61. The Balaban J connectivity index is 1.96. The number of nitrogens with one attached hydrogen (secondary N) is 1. The minimum atomic E-state index is -0.588. The summed E-state index contributed by atoms with van der Waals surface area (Å²) in [7, 11) is 1.33. The van der Waals surface area contributed by atoms with Gasteiger partial charge in [0, 0.05) is 30.2 Å². The number of carbonyl (C=O) groups excluding carboxylic acids is 2. The number of methoxy groups -OCH3 is 1. The molecule has 2 rings (SSSR count). The number of aryl methyl sites for hydroxylation is 1. The molecule has 0 bridgehead atoms. The van der Waals surface area contributed by atoms with Crippen molar-refractivity contribution in [1.82, 2.24) is 0 Å². The highest BCUT2D eigenvalue weighted by Gasteiger charge is 2.16. The highest BCUT2D eigenvalue weighted by atomic mass is 16.6. The van der Waals surface area contributed by atoms with Gasteiger partial charge in [-0.15, -0.1) is 0 Å². The molecule has 0 spiro atoms. The standard InChI is InChI=1S/C18H18N2O5/c1-12-3-5-13(6-4-12)16(21)8-10-18(22)19-14-7-9-17(25-2)15(11-14)20(23)24/h3-7,9,11H,8,10H2,1-2H3,(H,19,22). The van der Waals surface area contributed by atoms with Crippen LogP contribution in [-0.4, -0.2) is 23.7 Å². The number of Topliss-reactive ketones (excluding diaryl/α,β-unsaturated/α-hetero) is 1. The van der Waals surface area contributed by atoms with Crippen molar-refractivity contribution in [1.29, 1.82) is 0 Å². The number of nitrogens with zero attached hydrogens (tertiary/aromatic N) is 1. The van der Waals surface area contributed by atoms with E-state index in [1.165, 1.54) is 25.3 Å². The third kappa shape index (κ3) is 4.87. The van der Waals surface area contributed by atoms with Crippen LogP contribution in [0.25, 0.3) is 0 Å². The molecule has 25 heavy (non-hydrogen) atoms. The van der Waals surface area contributed by atoms with Crippen molar-refractivity contribution >= 4 is 23.1 Å². The summed E-state index contributed by atoms with van der Waals surface area (Å²) in [6.45, 7) is 1.93. The second-order valence-electron chi connectivity index (χ2n) is 5.48. The van der Waals surface area contributed by atoms with Crippen molar-refractivity contribution in [2.24, 2.45) is 0 Å². The first-order valence-corrected chi connectivity index (χ1v) is 7.63. The Bertz CT molecular complexity index is 800. The fourth-order valence-corrected chi connectivity index (χ4v) is 2.24. The number of amides is 1. The van der Waals surface area contributed by atoms with E-state index in [1.54, 1.807) is 12.1 Å². The summed E-state index contributed by atoms with van der Waals surface area (Å²) in [6.07, 6.45) is 0.0552. The molecule has 0 saturated carbocycles. The van der Waals surface area contributed by atoms with Crippen LogP contribution in [0.1, 0.15) is 28.8 Å². The number of nitro benzene ring substituents is 1. The van der Waals surface area contributed by atoms with Gasteiger partial charge < -0.3 is 10.1 Å². The number of nitro groups is 1. The van der Waals surface area contributed by atoms with Gasteiger partial charge in [0.1, 0.15) is 0 Å². The van der Waals surface area contributed by atoms with Gasteiger partial charge in [0.15, 0.2) is 11.5 Å². The molecular weight excluding hydrogens is 324 g/mol. The summed E-state index contributed by atoms with van der Waals surface area (Å²) in [4.78, 5) is 34.4. The van der Waals surface area contributed by atoms with E-state index >= 15 is 0 Å². The average molecular weight is 342 g/mol. The first-order valence-electron chi connectivity index (χ1n) is 7.63. The minimum absolute atomic E-state index is 0.00740. The maximum atomic E-state index is 12.1. The van der Waals surface area contributed by atoms with Crippen molar-refractivity contribution in [3.63, 3.8) is 0 Å². The topological polar surface area (TPSA) is 98.5 Å². The van der Waals surface area contributed by atoms with Gasteiger partial charge in [-0.3, -0.25) is 19.7 Å². The van der Waals surface area contributed by atoms with E-state index < -0.39 is 4.92 Å². The predicted octanol–water partition coefficient (Wildman–Crippen LogP) is 3.51. The number of hydrogen-bond donors (Lipinski definition) is 1. The summed E-state index contributed by atoms with van der Waals surface area (Å²) in [5.41, 5.74) is 1.64. The van der Waals surface area contributed by atoms with Gasteiger partial charge in [0.25, 0.3) is 0 Å². The molecule has 0 aliphatic heterocycles. The molecular formula is C18H18N2O5. The predicted molar refractivity (Wildman–Crippen MR) is 93.0 cm³/mol. The van der Waals surface area contributed by atoms with Crippen molar-refractivity contribution < 1.29 is 19.2 Å². The van der Waals surface area contributed by atoms with Crippen LogP contribution >= 0.6 is 0 Å². The Morgan fingerprint density at radius 2 is 1.80 bits per heavy atom. The van der Waals surface area contributed by atoms with Crippen LogP contribution in [0.2, 0.25) is 0 Å². The molecule has 0 unspecified atom stereocenters. The maximum Gasteiger partial charge on any atom is 0.312 e.